The molecule has 0 radical (unpaired) electrons. The Labute approximate surface area is 230 Å². The molecule has 2 atom stereocenters. The Balaban J connectivity index is 1.71. The number of amides is 1. The molecular weight excluding hydrogens is 544 g/mol. The minimum Gasteiger partial charge on any atom is -0.492 e. The summed E-state index contributed by atoms with van der Waals surface area (Å²) in [5, 5.41) is 12.6. The number of rotatable bonds is 9. The van der Waals surface area contributed by atoms with Crippen LogP contribution in [-0.2, 0) is 20.8 Å². The molecule has 2 unspecified atom stereocenters. The fourth-order valence-electron chi connectivity index (χ4n) is 4.36. The smallest absolute Gasteiger partial charge is 0.314 e. The summed E-state index contributed by atoms with van der Waals surface area (Å²) in [4.78, 5) is 26.6. The first-order valence-corrected chi connectivity index (χ1v) is 14.4. The molecule has 4 rings (SSSR count). The summed E-state index contributed by atoms with van der Waals surface area (Å²) in [6, 6.07) is 10.3. The van der Waals surface area contributed by atoms with E-state index in [-0.39, 0.29) is 18.1 Å². The molecule has 0 aliphatic carbocycles. The average molecular weight is 575 g/mol. The van der Waals surface area contributed by atoms with Crippen molar-refractivity contribution in [2.75, 3.05) is 27.7 Å². The molecular formula is C25H30N6O6S2. The highest BCUT2D eigenvalue weighted by atomic mass is 32.2. The molecule has 3 heterocycles. The van der Waals surface area contributed by atoms with Gasteiger partial charge in [0.15, 0.2) is 11.5 Å². The van der Waals surface area contributed by atoms with Gasteiger partial charge in [-0.1, -0.05) is 43.0 Å². The number of ether oxygens (including phenoxy) is 1. The van der Waals surface area contributed by atoms with Gasteiger partial charge >= 0.3 is 16.1 Å². The molecule has 14 heteroatoms. The lowest BCUT2D eigenvalue weighted by Crippen LogP contribution is -2.50. The Hall–Kier alpha value is -3.62. The van der Waals surface area contributed by atoms with Crippen molar-refractivity contribution in [3.63, 3.8) is 0 Å². The van der Waals surface area contributed by atoms with E-state index in [4.69, 9.17) is 20.3 Å². The van der Waals surface area contributed by atoms with Gasteiger partial charge in [-0.05, 0) is 24.1 Å². The summed E-state index contributed by atoms with van der Waals surface area (Å²) in [5.41, 5.74) is 7.46. The fraction of sp³-hybridized carbons (Fsp3) is 0.360. The van der Waals surface area contributed by atoms with Gasteiger partial charge in [0.2, 0.25) is 5.91 Å². The molecule has 12 nitrogen and oxygen atoms in total. The molecule has 39 heavy (non-hydrogen) atoms. The number of thioether (sulfide) groups is 1. The number of nitrogen functional groups attached to an aromatic ring is 1. The van der Waals surface area contributed by atoms with Crippen LogP contribution in [0.3, 0.4) is 0 Å². The van der Waals surface area contributed by atoms with Crippen LogP contribution in [0.25, 0.3) is 0 Å². The molecule has 2 aromatic heterocycles. The van der Waals surface area contributed by atoms with Gasteiger partial charge in [0.05, 0.1) is 13.4 Å². The van der Waals surface area contributed by atoms with Crippen molar-refractivity contribution < 1.29 is 27.2 Å². The van der Waals surface area contributed by atoms with E-state index in [1.807, 2.05) is 12.1 Å². The van der Waals surface area contributed by atoms with Crippen LogP contribution in [0.1, 0.15) is 46.6 Å². The third kappa shape index (κ3) is 5.44. The van der Waals surface area contributed by atoms with E-state index in [0.29, 0.717) is 34.2 Å². The lowest BCUT2D eigenvalue weighted by molar-refractivity contribution is -0.133. The molecule has 208 valence electrons. The highest BCUT2D eigenvalue weighted by Gasteiger charge is 2.43. The lowest BCUT2D eigenvalue weighted by atomic mass is 9.84. The zero-order valence-corrected chi connectivity index (χ0v) is 23.6. The van der Waals surface area contributed by atoms with Crippen LogP contribution in [-0.4, -0.2) is 72.2 Å². The van der Waals surface area contributed by atoms with E-state index >= 15 is 0 Å². The quantitative estimate of drug-likeness (QED) is 0.222. The number of carbonyl (C=O) groups is 2. The number of hydrogen-bond acceptors (Lipinski definition) is 9. The maximum atomic E-state index is 13.4. The molecule has 1 aromatic carbocycles. The summed E-state index contributed by atoms with van der Waals surface area (Å²) in [6.07, 6.45) is 1.69. The average Bonchev–Trinajstić information content (AvgIpc) is 3.57. The third-order valence-corrected chi connectivity index (χ3v) is 9.52. The van der Waals surface area contributed by atoms with Crippen molar-refractivity contribution in [2.45, 2.75) is 30.0 Å². The Morgan fingerprint density at radius 3 is 2.54 bits per heavy atom. The van der Waals surface area contributed by atoms with E-state index < -0.39 is 33.9 Å². The molecule has 0 bridgehead atoms. The largest absolute Gasteiger partial charge is 0.492 e. The number of nitrogens with zero attached hydrogens (tertiary/aromatic N) is 4. The normalized spacial score (nSPS) is 18.0. The van der Waals surface area contributed by atoms with Crippen molar-refractivity contribution in [1.82, 2.24) is 18.4 Å². The first-order chi connectivity index (χ1) is 18.5. The van der Waals surface area contributed by atoms with Crippen molar-refractivity contribution in [3.8, 4) is 5.75 Å². The van der Waals surface area contributed by atoms with Gasteiger partial charge in [-0.15, -0.1) is 0 Å². The number of benzene rings is 1. The number of carbonyl (C=O) groups excluding carboxylic acids is 2. The Kier molecular flexibility index (Phi) is 8.18. The SMILES string of the molecule is COc1c(C2CCN(S(=O)(=O)N(C)C)C(=O)C2C)nn(C(=O)c2ccco2)c1SCc1ccc(C(=N)N)cc1. The maximum Gasteiger partial charge on any atom is 0.314 e. The first kappa shape index (κ1) is 28.4. The molecule has 3 aromatic rings. The van der Waals surface area contributed by atoms with Gasteiger partial charge in [0, 0.05) is 43.8 Å². The summed E-state index contributed by atoms with van der Waals surface area (Å²) in [5.74, 6) is -1.44. The number of methoxy groups -OCH3 is 1. The van der Waals surface area contributed by atoms with Crippen LogP contribution in [0.5, 0.6) is 5.75 Å². The van der Waals surface area contributed by atoms with E-state index in [2.05, 4.69) is 5.10 Å². The summed E-state index contributed by atoms with van der Waals surface area (Å²) >= 11 is 1.32. The number of piperidine rings is 1. The highest BCUT2D eigenvalue weighted by Crippen LogP contribution is 2.43. The molecule has 0 saturated carbocycles. The minimum absolute atomic E-state index is 0.0263. The first-order valence-electron chi connectivity index (χ1n) is 12.0. The topological polar surface area (TPSA) is 165 Å². The minimum atomic E-state index is -3.93. The van der Waals surface area contributed by atoms with Gasteiger partial charge in [0.25, 0.3) is 0 Å². The number of hydrogen-bond donors (Lipinski definition) is 2. The van der Waals surface area contributed by atoms with Gasteiger partial charge in [-0.25, -0.2) is 4.31 Å². The molecule has 1 amide bonds. The fourth-order valence-corrected chi connectivity index (χ4v) is 6.54. The van der Waals surface area contributed by atoms with E-state index in [1.54, 1.807) is 25.1 Å². The van der Waals surface area contributed by atoms with Crippen LogP contribution < -0.4 is 10.5 Å². The Morgan fingerprint density at radius 1 is 1.28 bits per heavy atom. The van der Waals surface area contributed by atoms with E-state index in [1.165, 1.54) is 50.0 Å². The molecule has 1 saturated heterocycles. The number of nitrogens with one attached hydrogen (secondary N) is 1. The van der Waals surface area contributed by atoms with Gasteiger partial charge in [0.1, 0.15) is 16.6 Å². The second-order valence-corrected chi connectivity index (χ2v) is 12.2. The molecule has 1 fully saturated rings. The van der Waals surface area contributed by atoms with Gasteiger partial charge < -0.3 is 14.9 Å². The van der Waals surface area contributed by atoms with Crippen molar-refractivity contribution in [1.29, 1.82) is 5.41 Å². The zero-order chi connectivity index (χ0) is 28.5. The van der Waals surface area contributed by atoms with Gasteiger partial charge in [-0.3, -0.25) is 15.0 Å². The second kappa shape index (κ2) is 11.2. The van der Waals surface area contributed by atoms with Crippen LogP contribution in [0.2, 0.25) is 0 Å². The molecule has 1 aliphatic rings. The zero-order valence-electron chi connectivity index (χ0n) is 21.9. The van der Waals surface area contributed by atoms with Crippen molar-refractivity contribution in [3.05, 3.63) is 65.2 Å². The predicted molar refractivity (Wildman–Crippen MR) is 145 cm³/mol. The van der Waals surface area contributed by atoms with Crippen LogP contribution in [0.4, 0.5) is 0 Å². The van der Waals surface area contributed by atoms with Crippen molar-refractivity contribution in [2.24, 2.45) is 11.7 Å². The third-order valence-electron chi connectivity index (χ3n) is 6.57. The summed E-state index contributed by atoms with van der Waals surface area (Å²) < 4.78 is 39.5. The van der Waals surface area contributed by atoms with E-state index in [0.717, 1.165) is 14.2 Å². The number of amidine groups is 1. The number of aromatic nitrogens is 2. The molecule has 0 spiro atoms. The number of furan rings is 1. The van der Waals surface area contributed by atoms with Crippen LogP contribution in [0, 0.1) is 11.3 Å². The molecule has 1 aliphatic heterocycles. The van der Waals surface area contributed by atoms with Crippen molar-refractivity contribution >= 4 is 39.6 Å². The summed E-state index contributed by atoms with van der Waals surface area (Å²) in [7, 11) is 0.289. The lowest BCUT2D eigenvalue weighted by Gasteiger charge is -2.36. The van der Waals surface area contributed by atoms with Gasteiger partial charge in [-0.2, -0.15) is 22.5 Å². The van der Waals surface area contributed by atoms with Crippen LogP contribution >= 0.6 is 11.8 Å². The van der Waals surface area contributed by atoms with Crippen LogP contribution in [0.15, 0.2) is 52.1 Å². The summed E-state index contributed by atoms with van der Waals surface area (Å²) in [6.45, 7) is 1.63. The molecule has 3 N–H and O–H groups in total. The predicted octanol–water partition coefficient (Wildman–Crippen LogP) is 2.51. The van der Waals surface area contributed by atoms with E-state index in [9.17, 15) is 18.0 Å². The monoisotopic (exact) mass is 574 g/mol. The standard InChI is InChI=1S/C25H30N6O6S2/c1-15-18(11-12-30(23(15)32)39(34,35)29(2)3)20-21(36-4)25(31(28-20)24(33)19-6-5-13-37-19)38-14-16-7-9-17(10-8-16)22(26)27/h5-10,13,15,18H,11-12,14H2,1-4H3,(H3,26,27). The highest BCUT2D eigenvalue weighted by molar-refractivity contribution is 7.98. The Bertz CT molecular complexity index is 1480. The maximum absolute atomic E-state index is 13.4. The number of nitrogens with two attached hydrogens (primary N) is 1. The Morgan fingerprint density at radius 2 is 1.97 bits per heavy atom. The second-order valence-electron chi connectivity index (χ2n) is 9.20.